The lowest BCUT2D eigenvalue weighted by atomic mass is 9.97. The van der Waals surface area contributed by atoms with Gasteiger partial charge in [-0.3, -0.25) is 9.59 Å². The Morgan fingerprint density at radius 1 is 1.16 bits per heavy atom. The summed E-state index contributed by atoms with van der Waals surface area (Å²) < 4.78 is 5.49. The SMILES string of the molecule is CC(=O)N1CCC(C(=O)OCCCN2CCCc3ccccc32)CC1. The van der Waals surface area contributed by atoms with E-state index in [0.717, 1.165) is 38.8 Å². The number of hydrogen-bond donors (Lipinski definition) is 0. The summed E-state index contributed by atoms with van der Waals surface area (Å²) in [7, 11) is 0. The Hall–Kier alpha value is -2.04. The molecule has 0 aliphatic carbocycles. The van der Waals surface area contributed by atoms with E-state index in [4.69, 9.17) is 4.74 Å². The molecule has 25 heavy (non-hydrogen) atoms. The highest BCUT2D eigenvalue weighted by Gasteiger charge is 2.27. The molecule has 1 amide bonds. The second kappa shape index (κ2) is 8.37. The predicted octanol–water partition coefficient (Wildman–Crippen LogP) is 2.63. The lowest BCUT2D eigenvalue weighted by Crippen LogP contribution is -2.39. The molecule has 0 radical (unpaired) electrons. The fourth-order valence-electron chi connectivity index (χ4n) is 3.82. The van der Waals surface area contributed by atoms with Crippen molar-refractivity contribution in [2.75, 3.05) is 37.7 Å². The van der Waals surface area contributed by atoms with Gasteiger partial charge in [0.15, 0.2) is 0 Å². The third-order valence-electron chi connectivity index (χ3n) is 5.30. The third kappa shape index (κ3) is 4.53. The van der Waals surface area contributed by atoms with Crippen LogP contribution in [0, 0.1) is 5.92 Å². The van der Waals surface area contributed by atoms with Crippen LogP contribution in [0.2, 0.25) is 0 Å². The molecule has 3 rings (SSSR count). The Kier molecular flexibility index (Phi) is 5.95. The maximum Gasteiger partial charge on any atom is 0.309 e. The predicted molar refractivity (Wildman–Crippen MR) is 97.5 cm³/mol. The minimum atomic E-state index is -0.0951. The number of amides is 1. The Morgan fingerprint density at radius 3 is 2.68 bits per heavy atom. The van der Waals surface area contributed by atoms with Gasteiger partial charge in [-0.2, -0.15) is 0 Å². The van der Waals surface area contributed by atoms with Gasteiger partial charge in [0, 0.05) is 38.8 Å². The Balaban J connectivity index is 1.38. The van der Waals surface area contributed by atoms with Gasteiger partial charge in [-0.15, -0.1) is 0 Å². The summed E-state index contributed by atoms with van der Waals surface area (Å²) in [6.07, 6.45) is 4.63. The number of para-hydroxylation sites is 1. The maximum absolute atomic E-state index is 12.2. The molecule has 5 heteroatoms. The quantitative estimate of drug-likeness (QED) is 0.609. The van der Waals surface area contributed by atoms with Crippen LogP contribution in [0.3, 0.4) is 0 Å². The molecule has 0 aromatic heterocycles. The standard InChI is InChI=1S/C20H28N2O3/c1-16(23)21-13-9-18(10-14-21)20(24)25-15-5-12-22-11-4-7-17-6-2-3-8-19(17)22/h2-3,6,8,18H,4-5,7,9-15H2,1H3. The summed E-state index contributed by atoms with van der Waals surface area (Å²) in [5, 5.41) is 0. The zero-order chi connectivity index (χ0) is 17.6. The normalized spacial score (nSPS) is 18.0. The van der Waals surface area contributed by atoms with Crippen LogP contribution in [0.15, 0.2) is 24.3 Å². The van der Waals surface area contributed by atoms with Crippen molar-refractivity contribution < 1.29 is 14.3 Å². The van der Waals surface area contributed by atoms with Gasteiger partial charge in [-0.1, -0.05) is 18.2 Å². The number of nitrogens with zero attached hydrogens (tertiary/aromatic N) is 2. The molecule has 1 aromatic carbocycles. The van der Waals surface area contributed by atoms with Crippen LogP contribution in [-0.4, -0.2) is 49.6 Å². The topological polar surface area (TPSA) is 49.9 Å². The van der Waals surface area contributed by atoms with Crippen molar-refractivity contribution in [1.82, 2.24) is 4.90 Å². The van der Waals surface area contributed by atoms with Gasteiger partial charge in [0.05, 0.1) is 12.5 Å². The van der Waals surface area contributed by atoms with Crippen molar-refractivity contribution in [3.8, 4) is 0 Å². The van der Waals surface area contributed by atoms with E-state index in [1.54, 1.807) is 11.8 Å². The molecule has 2 aliphatic heterocycles. The Morgan fingerprint density at radius 2 is 1.92 bits per heavy atom. The highest BCUT2D eigenvalue weighted by atomic mass is 16.5. The molecule has 1 aromatic rings. The van der Waals surface area contributed by atoms with Gasteiger partial charge >= 0.3 is 5.97 Å². The van der Waals surface area contributed by atoms with Crippen LogP contribution in [0.4, 0.5) is 5.69 Å². The van der Waals surface area contributed by atoms with Gasteiger partial charge in [-0.25, -0.2) is 0 Å². The highest BCUT2D eigenvalue weighted by Crippen LogP contribution is 2.26. The number of hydrogen-bond acceptors (Lipinski definition) is 4. The van der Waals surface area contributed by atoms with Crippen molar-refractivity contribution >= 4 is 17.6 Å². The minimum Gasteiger partial charge on any atom is -0.465 e. The number of anilines is 1. The van der Waals surface area contributed by atoms with Gasteiger partial charge in [0.2, 0.25) is 5.91 Å². The van der Waals surface area contributed by atoms with E-state index in [1.807, 2.05) is 0 Å². The molecule has 1 saturated heterocycles. The van der Waals surface area contributed by atoms with Crippen molar-refractivity contribution in [3.63, 3.8) is 0 Å². The maximum atomic E-state index is 12.2. The summed E-state index contributed by atoms with van der Waals surface area (Å²) in [6, 6.07) is 8.57. The average molecular weight is 344 g/mol. The van der Waals surface area contributed by atoms with Gasteiger partial charge < -0.3 is 14.5 Å². The van der Waals surface area contributed by atoms with Crippen LogP contribution in [-0.2, 0) is 20.7 Å². The molecule has 0 saturated carbocycles. The zero-order valence-electron chi connectivity index (χ0n) is 15.1. The summed E-state index contributed by atoms with van der Waals surface area (Å²) >= 11 is 0. The Bertz CT molecular complexity index is 609. The van der Waals surface area contributed by atoms with E-state index in [1.165, 1.54) is 17.7 Å². The second-order valence-corrected chi connectivity index (χ2v) is 7.02. The van der Waals surface area contributed by atoms with Crippen LogP contribution in [0.1, 0.15) is 38.2 Å². The molecule has 0 atom stereocenters. The zero-order valence-corrected chi connectivity index (χ0v) is 15.1. The Labute approximate surface area is 149 Å². The van der Waals surface area contributed by atoms with Crippen molar-refractivity contribution in [1.29, 1.82) is 0 Å². The molecule has 0 N–H and O–H groups in total. The summed E-state index contributed by atoms with van der Waals surface area (Å²) in [5.41, 5.74) is 2.75. The van der Waals surface area contributed by atoms with E-state index in [0.29, 0.717) is 19.7 Å². The second-order valence-electron chi connectivity index (χ2n) is 7.02. The largest absolute Gasteiger partial charge is 0.465 e. The summed E-state index contributed by atoms with van der Waals surface area (Å²) in [5.74, 6) is -0.0535. The van der Waals surface area contributed by atoms with Crippen LogP contribution >= 0.6 is 0 Å². The van der Waals surface area contributed by atoms with E-state index >= 15 is 0 Å². The number of piperidine rings is 1. The number of carbonyl (C=O) groups excluding carboxylic acids is 2. The average Bonchev–Trinajstić information content (AvgIpc) is 2.65. The number of carbonyl (C=O) groups is 2. The summed E-state index contributed by atoms with van der Waals surface area (Å²) in [6.45, 7) is 5.39. The molecule has 0 spiro atoms. The van der Waals surface area contributed by atoms with E-state index in [2.05, 4.69) is 29.2 Å². The number of aryl methyl sites for hydroxylation is 1. The van der Waals surface area contributed by atoms with Crippen LogP contribution in [0.25, 0.3) is 0 Å². The molecule has 0 bridgehead atoms. The van der Waals surface area contributed by atoms with Crippen LogP contribution < -0.4 is 4.90 Å². The molecule has 1 fully saturated rings. The molecule has 136 valence electrons. The first-order valence-electron chi connectivity index (χ1n) is 9.40. The molecule has 2 heterocycles. The van der Waals surface area contributed by atoms with Crippen molar-refractivity contribution in [2.45, 2.75) is 39.0 Å². The molecule has 2 aliphatic rings. The van der Waals surface area contributed by atoms with Gasteiger partial charge in [0.1, 0.15) is 0 Å². The molecule has 0 unspecified atom stereocenters. The molecular formula is C20H28N2O3. The number of likely N-dealkylation sites (tertiary alicyclic amines) is 1. The van der Waals surface area contributed by atoms with E-state index in [-0.39, 0.29) is 17.8 Å². The first-order chi connectivity index (χ1) is 12.1. The van der Waals surface area contributed by atoms with E-state index < -0.39 is 0 Å². The fourth-order valence-corrected chi connectivity index (χ4v) is 3.82. The number of fused-ring (bicyclic) bond motifs is 1. The van der Waals surface area contributed by atoms with Gasteiger partial charge in [0.25, 0.3) is 0 Å². The number of ether oxygens (including phenoxy) is 1. The lowest BCUT2D eigenvalue weighted by molar-refractivity contribution is -0.151. The van der Waals surface area contributed by atoms with Crippen molar-refractivity contribution in [3.05, 3.63) is 29.8 Å². The highest BCUT2D eigenvalue weighted by molar-refractivity contribution is 5.75. The lowest BCUT2D eigenvalue weighted by Gasteiger charge is -2.31. The third-order valence-corrected chi connectivity index (χ3v) is 5.30. The minimum absolute atomic E-state index is 0.0497. The smallest absolute Gasteiger partial charge is 0.309 e. The summed E-state index contributed by atoms with van der Waals surface area (Å²) in [4.78, 5) is 27.7. The van der Waals surface area contributed by atoms with Gasteiger partial charge in [-0.05, 0) is 43.7 Å². The fraction of sp³-hybridized carbons (Fsp3) is 0.600. The monoisotopic (exact) mass is 344 g/mol. The molecular weight excluding hydrogens is 316 g/mol. The number of benzene rings is 1. The molecule has 5 nitrogen and oxygen atoms in total. The first-order valence-corrected chi connectivity index (χ1v) is 9.40. The van der Waals surface area contributed by atoms with E-state index in [9.17, 15) is 9.59 Å². The number of rotatable bonds is 5. The van der Waals surface area contributed by atoms with Crippen LogP contribution in [0.5, 0.6) is 0 Å². The van der Waals surface area contributed by atoms with Crippen molar-refractivity contribution in [2.24, 2.45) is 5.92 Å². The first kappa shape index (κ1) is 17.8. The number of esters is 1.